The third-order valence-electron chi connectivity index (χ3n) is 5.02. The Labute approximate surface area is 200 Å². The maximum atomic E-state index is 13.9. The summed E-state index contributed by atoms with van der Waals surface area (Å²) in [6.07, 6.45) is -3.73. The van der Waals surface area contributed by atoms with Crippen molar-refractivity contribution >= 4 is 40.4 Å². The number of nitrogens with one attached hydrogen (secondary N) is 1. The van der Waals surface area contributed by atoms with Crippen LogP contribution >= 0.6 is 23.2 Å². The second-order valence-electron chi connectivity index (χ2n) is 7.26. The fourth-order valence-electron chi connectivity index (χ4n) is 3.45. The van der Waals surface area contributed by atoms with E-state index in [9.17, 15) is 18.0 Å². The highest BCUT2D eigenvalue weighted by Gasteiger charge is 2.36. The van der Waals surface area contributed by atoms with Gasteiger partial charge in [-0.05, 0) is 42.5 Å². The monoisotopic (exact) mass is 508 g/mol. The van der Waals surface area contributed by atoms with Crippen molar-refractivity contribution in [1.82, 2.24) is 14.6 Å². The molecule has 0 aliphatic carbocycles. The average molecular weight is 509 g/mol. The first-order chi connectivity index (χ1) is 16.2. The number of aromatic nitrogens is 3. The van der Waals surface area contributed by atoms with Gasteiger partial charge in [-0.3, -0.25) is 4.79 Å². The number of benzene rings is 2. The lowest BCUT2D eigenvalue weighted by molar-refractivity contribution is -0.142. The number of hydrogen-bond acceptors (Lipinski definition) is 5. The number of halogens is 5. The van der Waals surface area contributed by atoms with E-state index in [2.05, 4.69) is 15.4 Å². The molecule has 0 fully saturated rings. The Morgan fingerprint density at radius 2 is 1.76 bits per heavy atom. The zero-order chi connectivity index (χ0) is 24.0. The molecule has 2 aromatic carbocycles. The van der Waals surface area contributed by atoms with E-state index in [0.29, 0.717) is 40.5 Å². The molecule has 174 valence electrons. The molecule has 2 aromatic heterocycles. The quantitative estimate of drug-likeness (QED) is 0.381. The first-order valence-electron chi connectivity index (χ1n) is 9.83. The largest absolute Gasteiger partial charge is 0.486 e. The minimum absolute atomic E-state index is 0.0131. The Morgan fingerprint density at radius 1 is 1.00 bits per heavy atom. The Balaban J connectivity index is 1.60. The number of fused-ring (bicyclic) bond motifs is 2. The van der Waals surface area contributed by atoms with Crippen molar-refractivity contribution in [2.45, 2.75) is 6.18 Å². The first-order valence-corrected chi connectivity index (χ1v) is 10.6. The predicted molar refractivity (Wildman–Crippen MR) is 119 cm³/mol. The van der Waals surface area contributed by atoms with Crippen LogP contribution in [-0.4, -0.2) is 33.7 Å². The van der Waals surface area contributed by atoms with Crippen LogP contribution in [0.1, 0.15) is 16.1 Å². The van der Waals surface area contributed by atoms with Gasteiger partial charge in [0.1, 0.15) is 18.8 Å². The fraction of sp³-hybridized carbons (Fsp3) is 0.136. The molecule has 0 bridgehead atoms. The van der Waals surface area contributed by atoms with Crippen LogP contribution in [0.25, 0.3) is 16.9 Å². The van der Waals surface area contributed by atoms with E-state index in [4.69, 9.17) is 32.7 Å². The third kappa shape index (κ3) is 4.10. The summed E-state index contributed by atoms with van der Waals surface area (Å²) in [5.41, 5.74) is -0.864. The van der Waals surface area contributed by atoms with Crippen molar-refractivity contribution in [1.29, 1.82) is 0 Å². The normalized spacial score (nSPS) is 13.2. The number of alkyl halides is 3. The molecule has 1 aliphatic rings. The summed E-state index contributed by atoms with van der Waals surface area (Å²) in [6.45, 7) is 0.695. The number of ether oxygens (including phenoxy) is 2. The molecule has 7 nitrogen and oxygen atoms in total. The van der Waals surface area contributed by atoms with Gasteiger partial charge in [0, 0.05) is 11.3 Å². The van der Waals surface area contributed by atoms with Crippen LogP contribution in [0.2, 0.25) is 10.0 Å². The Morgan fingerprint density at radius 3 is 2.50 bits per heavy atom. The van der Waals surface area contributed by atoms with E-state index in [-0.39, 0.29) is 26.9 Å². The van der Waals surface area contributed by atoms with Gasteiger partial charge in [0.15, 0.2) is 22.8 Å². The van der Waals surface area contributed by atoms with Crippen molar-refractivity contribution in [2.75, 3.05) is 18.5 Å². The summed E-state index contributed by atoms with van der Waals surface area (Å²) >= 11 is 11.9. The second-order valence-corrected chi connectivity index (χ2v) is 8.07. The second kappa shape index (κ2) is 8.37. The lowest BCUT2D eigenvalue weighted by atomic mass is 10.1. The number of carbonyl (C=O) groups excluding carboxylic acids is 1. The predicted octanol–water partition coefficient (Wildman–Crippen LogP) is 5.75. The molecule has 1 amide bonds. The van der Waals surface area contributed by atoms with Crippen LogP contribution in [0.5, 0.6) is 11.5 Å². The van der Waals surface area contributed by atoms with Crippen molar-refractivity contribution in [2.24, 2.45) is 0 Å². The summed E-state index contributed by atoms with van der Waals surface area (Å²) < 4.78 is 53.2. The van der Waals surface area contributed by atoms with Gasteiger partial charge in [-0.15, -0.1) is 0 Å². The van der Waals surface area contributed by atoms with E-state index < -0.39 is 17.8 Å². The van der Waals surface area contributed by atoms with Gasteiger partial charge in [-0.2, -0.15) is 18.3 Å². The highest BCUT2D eigenvalue weighted by atomic mass is 35.5. The van der Waals surface area contributed by atoms with E-state index >= 15 is 0 Å². The van der Waals surface area contributed by atoms with Gasteiger partial charge in [-0.1, -0.05) is 23.2 Å². The Kier molecular flexibility index (Phi) is 5.49. The van der Waals surface area contributed by atoms with E-state index in [1.807, 2.05) is 0 Å². The van der Waals surface area contributed by atoms with Crippen LogP contribution in [-0.2, 0) is 6.18 Å². The fourth-order valence-corrected chi connectivity index (χ4v) is 3.75. The molecule has 5 rings (SSSR count). The maximum Gasteiger partial charge on any atom is 0.433 e. The molecule has 1 aliphatic heterocycles. The summed E-state index contributed by atoms with van der Waals surface area (Å²) in [5.74, 6) is 0.163. The van der Waals surface area contributed by atoms with Gasteiger partial charge in [0.05, 0.1) is 21.9 Å². The van der Waals surface area contributed by atoms with Crippen molar-refractivity contribution in [3.63, 3.8) is 0 Å². The van der Waals surface area contributed by atoms with E-state index in [0.717, 1.165) is 12.3 Å². The topological polar surface area (TPSA) is 77.8 Å². The molecule has 3 heterocycles. The van der Waals surface area contributed by atoms with Gasteiger partial charge < -0.3 is 14.8 Å². The molecule has 1 N–H and O–H groups in total. The van der Waals surface area contributed by atoms with Crippen LogP contribution in [0.15, 0.2) is 48.7 Å². The summed E-state index contributed by atoms with van der Waals surface area (Å²) in [5, 5.41) is 6.83. The molecule has 4 aromatic rings. The lowest BCUT2D eigenvalue weighted by Crippen LogP contribution is -2.16. The molecule has 0 saturated carbocycles. The molecule has 0 saturated heterocycles. The maximum absolute atomic E-state index is 13.9. The van der Waals surface area contributed by atoms with E-state index in [1.54, 1.807) is 18.2 Å². The van der Waals surface area contributed by atoms with Gasteiger partial charge in [0.25, 0.3) is 5.91 Å². The molecular formula is C22H13Cl2F3N4O3. The highest BCUT2D eigenvalue weighted by molar-refractivity contribution is 6.42. The number of hydrogen-bond donors (Lipinski definition) is 1. The minimum atomic E-state index is -4.76. The smallest absolute Gasteiger partial charge is 0.433 e. The zero-order valence-electron chi connectivity index (χ0n) is 17.0. The van der Waals surface area contributed by atoms with E-state index in [1.165, 1.54) is 18.2 Å². The minimum Gasteiger partial charge on any atom is -0.486 e. The Hall–Kier alpha value is -3.50. The number of nitrogens with zero attached hydrogens (tertiary/aromatic N) is 3. The number of anilines is 1. The number of carbonyl (C=O) groups is 1. The molecule has 34 heavy (non-hydrogen) atoms. The van der Waals surface area contributed by atoms with Crippen LogP contribution in [0, 0.1) is 0 Å². The highest BCUT2D eigenvalue weighted by Crippen LogP contribution is 2.37. The number of amides is 1. The summed E-state index contributed by atoms with van der Waals surface area (Å²) in [6, 6.07) is 9.98. The molecule has 0 unspecified atom stereocenters. The van der Waals surface area contributed by atoms with Crippen molar-refractivity contribution in [3.05, 3.63) is 70.0 Å². The summed E-state index contributed by atoms with van der Waals surface area (Å²) in [7, 11) is 0. The van der Waals surface area contributed by atoms with Crippen LogP contribution in [0.3, 0.4) is 0 Å². The lowest BCUT2D eigenvalue weighted by Gasteiger charge is -2.19. The van der Waals surface area contributed by atoms with Gasteiger partial charge >= 0.3 is 6.18 Å². The third-order valence-corrected chi connectivity index (χ3v) is 5.76. The van der Waals surface area contributed by atoms with Crippen molar-refractivity contribution in [3.8, 4) is 22.8 Å². The molecule has 0 spiro atoms. The van der Waals surface area contributed by atoms with Crippen LogP contribution in [0.4, 0.5) is 18.9 Å². The molecule has 0 radical (unpaired) electrons. The van der Waals surface area contributed by atoms with Crippen LogP contribution < -0.4 is 14.8 Å². The molecule has 12 heteroatoms. The number of rotatable bonds is 3. The summed E-state index contributed by atoms with van der Waals surface area (Å²) in [4.78, 5) is 17.2. The first kappa shape index (κ1) is 22.3. The van der Waals surface area contributed by atoms with Crippen molar-refractivity contribution < 1.29 is 27.4 Å². The average Bonchev–Trinajstić information content (AvgIpc) is 3.24. The Bertz CT molecular complexity index is 1440. The SMILES string of the molecule is O=C(Nc1ccc(Cl)c(Cl)c1)c1cnn2c(C(F)(F)F)cc(-c3ccc4c(c3)OCCO4)nc12. The van der Waals surface area contributed by atoms with Gasteiger partial charge in [0.2, 0.25) is 0 Å². The molecular weight excluding hydrogens is 496 g/mol. The zero-order valence-corrected chi connectivity index (χ0v) is 18.5. The standard InChI is InChI=1S/C22H13Cl2F3N4O3/c23-14-3-2-12(8-15(14)24)29-21(32)13-10-28-31-19(22(25,26)27)9-16(30-20(13)31)11-1-4-17-18(7-11)34-6-5-33-17/h1-4,7-10H,5-6H2,(H,29,32). The molecule has 0 atom stereocenters. The van der Waals surface area contributed by atoms with Gasteiger partial charge in [-0.25, -0.2) is 9.50 Å².